The molecule has 0 spiro atoms. The summed E-state index contributed by atoms with van der Waals surface area (Å²) in [5.74, 6) is 1.42. The van der Waals surface area contributed by atoms with Crippen molar-refractivity contribution in [3.05, 3.63) is 41.3 Å². The molecule has 26 heavy (non-hydrogen) atoms. The molecule has 2 N–H and O–H groups in total. The van der Waals surface area contributed by atoms with Crippen LogP contribution in [0.15, 0.2) is 36.2 Å². The van der Waals surface area contributed by atoms with Gasteiger partial charge in [-0.25, -0.2) is 4.98 Å². The molecule has 5 nitrogen and oxygen atoms in total. The van der Waals surface area contributed by atoms with E-state index in [-0.39, 0.29) is 12.1 Å². The number of aliphatic hydroxyl groups excluding tert-OH is 1. The fourth-order valence-corrected chi connectivity index (χ4v) is 4.56. The van der Waals surface area contributed by atoms with E-state index in [2.05, 4.69) is 15.2 Å². The molecule has 1 aliphatic heterocycles. The van der Waals surface area contributed by atoms with Crippen LogP contribution in [0.5, 0.6) is 5.75 Å². The number of ether oxygens (including phenoxy) is 1. The predicted molar refractivity (Wildman–Crippen MR) is 107 cm³/mol. The summed E-state index contributed by atoms with van der Waals surface area (Å²) in [5.41, 5.74) is 0.841. The van der Waals surface area contributed by atoms with Crippen molar-refractivity contribution in [2.24, 2.45) is 0 Å². The van der Waals surface area contributed by atoms with Gasteiger partial charge >= 0.3 is 0 Å². The third-order valence-electron chi connectivity index (χ3n) is 4.80. The molecule has 138 valence electrons. The SMILES string of the molecule is CN1C=CC(Oc2ccc3nc(N[C@@H]4CCCC[C@H]4O)sc3c2Cl)=CC1. The Balaban J connectivity index is 1.54. The van der Waals surface area contributed by atoms with Crippen molar-refractivity contribution in [2.75, 3.05) is 18.9 Å². The van der Waals surface area contributed by atoms with Gasteiger partial charge in [0.2, 0.25) is 0 Å². The Kier molecular flexibility index (Phi) is 5.07. The average molecular weight is 392 g/mol. The second-order valence-corrected chi connectivity index (χ2v) is 8.19. The van der Waals surface area contributed by atoms with E-state index < -0.39 is 0 Å². The Morgan fingerprint density at radius 3 is 2.96 bits per heavy atom. The molecule has 0 amide bonds. The van der Waals surface area contributed by atoms with E-state index in [1.165, 1.54) is 11.3 Å². The third kappa shape index (κ3) is 3.68. The number of thiazole rings is 1. The van der Waals surface area contributed by atoms with E-state index in [9.17, 15) is 5.11 Å². The van der Waals surface area contributed by atoms with Crippen molar-refractivity contribution in [1.29, 1.82) is 0 Å². The first-order valence-electron chi connectivity index (χ1n) is 8.90. The van der Waals surface area contributed by atoms with Crippen LogP contribution >= 0.6 is 22.9 Å². The number of benzene rings is 1. The van der Waals surface area contributed by atoms with Crippen LogP contribution in [0.2, 0.25) is 5.02 Å². The Hall–Kier alpha value is -1.76. The number of hydrogen-bond donors (Lipinski definition) is 2. The lowest BCUT2D eigenvalue weighted by Crippen LogP contribution is -2.36. The number of likely N-dealkylation sites (N-methyl/N-ethyl adjacent to an activating group) is 1. The minimum absolute atomic E-state index is 0.0633. The van der Waals surface area contributed by atoms with E-state index in [4.69, 9.17) is 16.3 Å². The van der Waals surface area contributed by atoms with E-state index in [0.717, 1.165) is 53.3 Å². The highest BCUT2D eigenvalue weighted by Crippen LogP contribution is 2.39. The zero-order chi connectivity index (χ0) is 18.1. The smallest absolute Gasteiger partial charge is 0.184 e. The van der Waals surface area contributed by atoms with Crippen LogP contribution in [0.3, 0.4) is 0 Å². The highest BCUT2D eigenvalue weighted by Gasteiger charge is 2.24. The highest BCUT2D eigenvalue weighted by molar-refractivity contribution is 7.22. The average Bonchev–Trinajstić information content (AvgIpc) is 3.05. The zero-order valence-corrected chi connectivity index (χ0v) is 16.2. The van der Waals surface area contributed by atoms with Gasteiger partial charge in [-0.1, -0.05) is 35.8 Å². The number of aromatic nitrogens is 1. The van der Waals surface area contributed by atoms with Gasteiger partial charge in [-0.3, -0.25) is 0 Å². The molecule has 0 unspecified atom stereocenters. The number of anilines is 1. The molecule has 1 aliphatic carbocycles. The molecule has 1 saturated carbocycles. The predicted octanol–water partition coefficient (Wildman–Crippen LogP) is 4.39. The Labute approximate surface area is 161 Å². The second-order valence-electron chi connectivity index (χ2n) is 6.81. The number of rotatable bonds is 4. The first-order valence-corrected chi connectivity index (χ1v) is 10.1. The maximum Gasteiger partial charge on any atom is 0.184 e. The first-order chi connectivity index (χ1) is 12.6. The van der Waals surface area contributed by atoms with Gasteiger partial charge in [-0.05, 0) is 37.1 Å². The molecule has 0 bridgehead atoms. The Morgan fingerprint density at radius 1 is 1.35 bits per heavy atom. The summed E-state index contributed by atoms with van der Waals surface area (Å²) in [6.07, 6.45) is 9.65. The summed E-state index contributed by atoms with van der Waals surface area (Å²) in [4.78, 5) is 6.69. The van der Waals surface area contributed by atoms with E-state index in [0.29, 0.717) is 10.8 Å². The van der Waals surface area contributed by atoms with Crippen molar-refractivity contribution in [3.8, 4) is 5.75 Å². The number of allylic oxidation sites excluding steroid dienone is 1. The van der Waals surface area contributed by atoms with Crippen molar-refractivity contribution in [1.82, 2.24) is 9.88 Å². The van der Waals surface area contributed by atoms with Gasteiger partial charge in [-0.15, -0.1) is 0 Å². The molecule has 1 fully saturated rings. The second kappa shape index (κ2) is 7.47. The molecule has 2 atom stereocenters. The van der Waals surface area contributed by atoms with Crippen molar-refractivity contribution < 1.29 is 9.84 Å². The van der Waals surface area contributed by atoms with Crippen LogP contribution in [0, 0.1) is 0 Å². The molecule has 2 aromatic rings. The van der Waals surface area contributed by atoms with Crippen molar-refractivity contribution in [3.63, 3.8) is 0 Å². The fourth-order valence-electron chi connectivity index (χ4n) is 3.29. The molecule has 0 radical (unpaired) electrons. The lowest BCUT2D eigenvalue weighted by atomic mass is 9.93. The minimum atomic E-state index is -0.312. The summed E-state index contributed by atoms with van der Waals surface area (Å²) < 4.78 is 6.85. The number of nitrogens with zero attached hydrogens (tertiary/aromatic N) is 2. The molecular formula is C19H22ClN3O2S. The topological polar surface area (TPSA) is 57.6 Å². The van der Waals surface area contributed by atoms with Gasteiger partial charge in [0.25, 0.3) is 0 Å². The van der Waals surface area contributed by atoms with E-state index >= 15 is 0 Å². The first kappa shape index (κ1) is 17.6. The van der Waals surface area contributed by atoms with Gasteiger partial charge in [0.05, 0.1) is 22.4 Å². The van der Waals surface area contributed by atoms with Crippen LogP contribution < -0.4 is 10.1 Å². The molecular weight excluding hydrogens is 370 g/mol. The molecule has 4 rings (SSSR count). The monoisotopic (exact) mass is 391 g/mol. The van der Waals surface area contributed by atoms with Crippen LogP contribution in [0.4, 0.5) is 5.13 Å². The number of hydrogen-bond acceptors (Lipinski definition) is 6. The van der Waals surface area contributed by atoms with Gasteiger partial charge in [0.1, 0.15) is 16.5 Å². The molecule has 1 aromatic carbocycles. The maximum absolute atomic E-state index is 10.2. The molecule has 1 aromatic heterocycles. The maximum atomic E-state index is 10.2. The van der Waals surface area contributed by atoms with Crippen LogP contribution in [0.1, 0.15) is 25.7 Å². The number of nitrogens with one attached hydrogen (secondary N) is 1. The normalized spacial score (nSPS) is 23.2. The summed E-state index contributed by atoms with van der Waals surface area (Å²) in [6.45, 7) is 0.810. The Bertz CT molecular complexity index is 864. The van der Waals surface area contributed by atoms with Gasteiger partial charge in [0, 0.05) is 19.8 Å². The van der Waals surface area contributed by atoms with Crippen molar-refractivity contribution >= 4 is 38.3 Å². The van der Waals surface area contributed by atoms with E-state index in [1.807, 2.05) is 37.5 Å². The molecule has 2 aliphatic rings. The lowest BCUT2D eigenvalue weighted by Gasteiger charge is -2.27. The van der Waals surface area contributed by atoms with Crippen molar-refractivity contribution in [2.45, 2.75) is 37.8 Å². The van der Waals surface area contributed by atoms with Gasteiger partial charge in [0.15, 0.2) is 5.13 Å². The zero-order valence-electron chi connectivity index (χ0n) is 14.6. The summed E-state index contributed by atoms with van der Waals surface area (Å²) in [5, 5.41) is 14.9. The largest absolute Gasteiger partial charge is 0.456 e. The molecule has 0 saturated heterocycles. The summed E-state index contributed by atoms with van der Waals surface area (Å²) >= 11 is 8.09. The van der Waals surface area contributed by atoms with Gasteiger partial charge < -0.3 is 20.1 Å². The van der Waals surface area contributed by atoms with Crippen LogP contribution in [0.25, 0.3) is 10.2 Å². The lowest BCUT2D eigenvalue weighted by molar-refractivity contribution is 0.116. The molecule has 7 heteroatoms. The fraction of sp³-hybridized carbons (Fsp3) is 0.421. The highest BCUT2D eigenvalue weighted by atomic mass is 35.5. The van der Waals surface area contributed by atoms with Gasteiger partial charge in [-0.2, -0.15) is 0 Å². The number of fused-ring (bicyclic) bond motifs is 1. The number of aliphatic hydroxyl groups is 1. The summed E-state index contributed by atoms with van der Waals surface area (Å²) in [7, 11) is 2.01. The standard InChI is InChI=1S/C19H22ClN3O2S/c1-23-10-8-12(9-11-23)25-16-7-6-14-18(17(16)20)26-19(22-14)21-13-4-2-3-5-15(13)24/h6-10,13,15,24H,2-5,11H2,1H3,(H,21,22)/t13-,15-/m1/s1. The van der Waals surface area contributed by atoms with Crippen LogP contribution in [-0.4, -0.2) is 40.7 Å². The summed E-state index contributed by atoms with van der Waals surface area (Å²) in [6, 6.07) is 3.85. The van der Waals surface area contributed by atoms with Crippen LogP contribution in [-0.2, 0) is 0 Å². The third-order valence-corrected chi connectivity index (χ3v) is 6.31. The minimum Gasteiger partial charge on any atom is -0.456 e. The van der Waals surface area contributed by atoms with E-state index in [1.54, 1.807) is 0 Å². The molecule has 2 heterocycles. The quantitative estimate of drug-likeness (QED) is 0.809. The number of halogens is 1. The Morgan fingerprint density at radius 2 is 2.19 bits per heavy atom.